The summed E-state index contributed by atoms with van der Waals surface area (Å²) in [5.41, 5.74) is 3.35. The van der Waals surface area contributed by atoms with Gasteiger partial charge in [0, 0.05) is 23.7 Å². The standard InChI is InChI=1S/C11H12N2S.2ClH/c1-8-13-11(7-14-8)9-4-3-5-10(6-9)12-2;;/h3-7,12H,1-2H3;2*1H. The van der Waals surface area contributed by atoms with Gasteiger partial charge >= 0.3 is 0 Å². The van der Waals surface area contributed by atoms with Gasteiger partial charge in [-0.25, -0.2) is 4.98 Å². The van der Waals surface area contributed by atoms with Gasteiger partial charge in [0.15, 0.2) is 0 Å². The van der Waals surface area contributed by atoms with Gasteiger partial charge in [-0.15, -0.1) is 36.2 Å². The highest BCUT2D eigenvalue weighted by molar-refractivity contribution is 7.09. The second-order valence-electron chi connectivity index (χ2n) is 3.08. The van der Waals surface area contributed by atoms with Gasteiger partial charge in [0.05, 0.1) is 10.7 Å². The van der Waals surface area contributed by atoms with E-state index >= 15 is 0 Å². The monoisotopic (exact) mass is 276 g/mol. The first-order valence-electron chi connectivity index (χ1n) is 4.50. The van der Waals surface area contributed by atoms with E-state index in [0.717, 1.165) is 16.4 Å². The van der Waals surface area contributed by atoms with E-state index < -0.39 is 0 Å². The van der Waals surface area contributed by atoms with Crippen LogP contribution in [0.15, 0.2) is 29.6 Å². The maximum Gasteiger partial charge on any atom is 0.0901 e. The number of nitrogens with zero attached hydrogens (tertiary/aromatic N) is 1. The highest BCUT2D eigenvalue weighted by Gasteiger charge is 2.01. The number of aryl methyl sites for hydroxylation is 1. The molecule has 1 heterocycles. The van der Waals surface area contributed by atoms with Gasteiger partial charge in [0.2, 0.25) is 0 Å². The molecule has 0 aliphatic heterocycles. The summed E-state index contributed by atoms with van der Waals surface area (Å²) in [7, 11) is 1.92. The zero-order chi connectivity index (χ0) is 9.97. The molecule has 0 aliphatic carbocycles. The number of rotatable bonds is 2. The lowest BCUT2D eigenvalue weighted by molar-refractivity contribution is 1.30. The molecule has 0 spiro atoms. The van der Waals surface area contributed by atoms with Gasteiger partial charge in [0.25, 0.3) is 0 Å². The van der Waals surface area contributed by atoms with Crippen LogP contribution < -0.4 is 5.32 Å². The Morgan fingerprint density at radius 2 is 2.00 bits per heavy atom. The molecule has 0 fully saturated rings. The summed E-state index contributed by atoms with van der Waals surface area (Å²) in [6, 6.07) is 8.27. The number of nitrogens with one attached hydrogen (secondary N) is 1. The molecular formula is C11H14Cl2N2S. The van der Waals surface area contributed by atoms with Gasteiger partial charge in [0.1, 0.15) is 0 Å². The lowest BCUT2D eigenvalue weighted by Gasteiger charge is -2.01. The number of anilines is 1. The largest absolute Gasteiger partial charge is 0.388 e. The zero-order valence-corrected chi connectivity index (χ0v) is 11.5. The third kappa shape index (κ3) is 3.37. The summed E-state index contributed by atoms with van der Waals surface area (Å²) in [6.07, 6.45) is 0. The predicted octanol–water partition coefficient (Wildman–Crippen LogP) is 4.00. The van der Waals surface area contributed by atoms with E-state index in [1.807, 2.05) is 26.1 Å². The number of thiazole rings is 1. The van der Waals surface area contributed by atoms with Crippen molar-refractivity contribution in [2.75, 3.05) is 12.4 Å². The minimum Gasteiger partial charge on any atom is -0.388 e. The lowest BCUT2D eigenvalue weighted by Crippen LogP contribution is -1.87. The molecule has 0 bridgehead atoms. The molecule has 0 saturated heterocycles. The van der Waals surface area contributed by atoms with E-state index in [0.29, 0.717) is 0 Å². The van der Waals surface area contributed by atoms with Crippen molar-refractivity contribution in [1.82, 2.24) is 4.98 Å². The van der Waals surface area contributed by atoms with Gasteiger partial charge in [-0.3, -0.25) is 0 Å². The van der Waals surface area contributed by atoms with Crippen molar-refractivity contribution < 1.29 is 0 Å². The highest BCUT2D eigenvalue weighted by atomic mass is 35.5. The fourth-order valence-corrected chi connectivity index (χ4v) is 1.95. The SMILES string of the molecule is CNc1cccc(-c2csc(C)n2)c1.Cl.Cl. The molecule has 1 N–H and O–H groups in total. The zero-order valence-electron chi connectivity index (χ0n) is 9.06. The maximum absolute atomic E-state index is 4.45. The summed E-state index contributed by atoms with van der Waals surface area (Å²) in [5, 5.41) is 6.31. The number of hydrogen-bond donors (Lipinski definition) is 1. The molecule has 0 aliphatic rings. The van der Waals surface area contributed by atoms with Crippen molar-refractivity contribution in [2.24, 2.45) is 0 Å². The van der Waals surface area contributed by atoms with Crippen molar-refractivity contribution in [2.45, 2.75) is 6.92 Å². The molecule has 5 heteroatoms. The normalized spacial score (nSPS) is 8.88. The molecule has 1 aromatic carbocycles. The van der Waals surface area contributed by atoms with Crippen molar-refractivity contribution in [1.29, 1.82) is 0 Å². The average molecular weight is 277 g/mol. The molecule has 0 saturated carbocycles. The molecule has 2 rings (SSSR count). The Labute approximate surface area is 112 Å². The van der Waals surface area contributed by atoms with Crippen LogP contribution in [0, 0.1) is 6.92 Å². The predicted molar refractivity (Wildman–Crippen MR) is 76.3 cm³/mol. The molecule has 16 heavy (non-hydrogen) atoms. The van der Waals surface area contributed by atoms with Gasteiger partial charge in [-0.05, 0) is 19.1 Å². The molecule has 0 atom stereocenters. The first-order valence-corrected chi connectivity index (χ1v) is 5.38. The van der Waals surface area contributed by atoms with Crippen LogP contribution in [-0.2, 0) is 0 Å². The van der Waals surface area contributed by atoms with Crippen LogP contribution in [0.5, 0.6) is 0 Å². The van der Waals surface area contributed by atoms with Crippen LogP contribution in [0.2, 0.25) is 0 Å². The van der Waals surface area contributed by atoms with Gasteiger partial charge in [-0.2, -0.15) is 0 Å². The van der Waals surface area contributed by atoms with Gasteiger partial charge < -0.3 is 5.32 Å². The smallest absolute Gasteiger partial charge is 0.0901 e. The molecule has 2 nitrogen and oxygen atoms in total. The van der Waals surface area contributed by atoms with E-state index in [4.69, 9.17) is 0 Å². The summed E-state index contributed by atoms with van der Waals surface area (Å²) < 4.78 is 0. The minimum atomic E-state index is 0. The van der Waals surface area contributed by atoms with E-state index in [1.165, 1.54) is 5.56 Å². The van der Waals surface area contributed by atoms with E-state index in [9.17, 15) is 0 Å². The maximum atomic E-state index is 4.45. The summed E-state index contributed by atoms with van der Waals surface area (Å²) in [6.45, 7) is 2.02. The van der Waals surface area contributed by atoms with E-state index in [1.54, 1.807) is 11.3 Å². The Balaban J connectivity index is 0.00000112. The van der Waals surface area contributed by atoms with Crippen LogP contribution in [-0.4, -0.2) is 12.0 Å². The Morgan fingerprint density at radius 1 is 1.25 bits per heavy atom. The fraction of sp³-hybridized carbons (Fsp3) is 0.182. The molecule has 0 amide bonds. The highest BCUT2D eigenvalue weighted by Crippen LogP contribution is 2.23. The lowest BCUT2D eigenvalue weighted by atomic mass is 10.1. The average Bonchev–Trinajstić information content (AvgIpc) is 2.65. The summed E-state index contributed by atoms with van der Waals surface area (Å²) >= 11 is 1.68. The third-order valence-electron chi connectivity index (χ3n) is 2.07. The van der Waals surface area contributed by atoms with Crippen LogP contribution in [0.25, 0.3) is 11.3 Å². The van der Waals surface area contributed by atoms with Crippen LogP contribution in [0.4, 0.5) is 5.69 Å². The first kappa shape index (κ1) is 15.2. The number of hydrogen-bond acceptors (Lipinski definition) is 3. The van der Waals surface area contributed by atoms with Crippen LogP contribution in [0.3, 0.4) is 0 Å². The molecular weight excluding hydrogens is 263 g/mol. The van der Waals surface area contributed by atoms with Crippen molar-refractivity contribution >= 4 is 41.8 Å². The topological polar surface area (TPSA) is 24.9 Å². The molecule has 2 aromatic rings. The third-order valence-corrected chi connectivity index (χ3v) is 2.84. The number of aromatic nitrogens is 1. The molecule has 88 valence electrons. The van der Waals surface area contributed by atoms with Gasteiger partial charge in [-0.1, -0.05) is 12.1 Å². The van der Waals surface area contributed by atoms with E-state index in [2.05, 4.69) is 27.8 Å². The van der Waals surface area contributed by atoms with Crippen molar-refractivity contribution in [3.63, 3.8) is 0 Å². The van der Waals surface area contributed by atoms with E-state index in [-0.39, 0.29) is 24.8 Å². The Kier molecular flexibility index (Phi) is 6.41. The van der Waals surface area contributed by atoms with Crippen molar-refractivity contribution in [3.05, 3.63) is 34.7 Å². The Morgan fingerprint density at radius 3 is 2.56 bits per heavy atom. The Bertz CT molecular complexity index is 443. The Hall–Kier alpha value is -0.770. The second kappa shape index (κ2) is 6.74. The quantitative estimate of drug-likeness (QED) is 0.897. The summed E-state index contributed by atoms with van der Waals surface area (Å²) in [5.74, 6) is 0. The second-order valence-corrected chi connectivity index (χ2v) is 4.14. The van der Waals surface area contributed by atoms with Crippen LogP contribution in [0.1, 0.15) is 5.01 Å². The number of halogens is 2. The molecule has 0 radical (unpaired) electrons. The number of benzene rings is 1. The molecule has 0 unspecified atom stereocenters. The minimum absolute atomic E-state index is 0. The first-order chi connectivity index (χ1) is 6.79. The molecule has 1 aromatic heterocycles. The fourth-order valence-electron chi connectivity index (χ4n) is 1.33. The van der Waals surface area contributed by atoms with Crippen LogP contribution >= 0.6 is 36.2 Å². The summed E-state index contributed by atoms with van der Waals surface area (Å²) in [4.78, 5) is 4.45. The van der Waals surface area contributed by atoms with Crippen molar-refractivity contribution in [3.8, 4) is 11.3 Å².